The Bertz CT molecular complexity index is 185. The lowest BCUT2D eigenvalue weighted by Gasteiger charge is -2.01. The maximum Gasteiger partial charge on any atom is 0.231 e. The summed E-state index contributed by atoms with van der Waals surface area (Å²) >= 11 is 5.39. The molecule has 1 aliphatic carbocycles. The summed E-state index contributed by atoms with van der Waals surface area (Å²) in [6.45, 7) is 3.97. The van der Waals surface area contributed by atoms with Crippen LogP contribution in [-0.2, 0) is 4.79 Å². The fourth-order valence-electron chi connectivity index (χ4n) is 1.08. The molecule has 0 unspecified atom stereocenters. The first-order valence-electron chi connectivity index (χ1n) is 3.43. The maximum absolute atomic E-state index is 10.8. The molecule has 1 aliphatic rings. The Balaban J connectivity index is 2.71. The van der Waals surface area contributed by atoms with Crippen molar-refractivity contribution in [1.29, 1.82) is 0 Å². The van der Waals surface area contributed by atoms with Crippen molar-refractivity contribution in [3.05, 3.63) is 11.6 Å². The van der Waals surface area contributed by atoms with Crippen LogP contribution in [0.15, 0.2) is 11.6 Å². The average molecular weight is 159 g/mol. The summed E-state index contributed by atoms with van der Waals surface area (Å²) in [4.78, 5) is 10.8. The van der Waals surface area contributed by atoms with Gasteiger partial charge >= 0.3 is 0 Å². The predicted octanol–water partition coefficient (Wildman–Crippen LogP) is 2.50. The van der Waals surface area contributed by atoms with Crippen molar-refractivity contribution < 1.29 is 4.79 Å². The van der Waals surface area contributed by atoms with E-state index in [0.717, 1.165) is 12.8 Å². The van der Waals surface area contributed by atoms with E-state index in [2.05, 4.69) is 0 Å². The van der Waals surface area contributed by atoms with E-state index in [4.69, 9.17) is 11.6 Å². The minimum absolute atomic E-state index is 0.200. The largest absolute Gasteiger partial charge is 0.280 e. The molecule has 0 bridgehead atoms. The SMILES string of the molecule is CC(C)=CC1(C(=O)Cl)CC1. The average Bonchev–Trinajstić information content (AvgIpc) is 2.46. The first-order chi connectivity index (χ1) is 4.57. The molecule has 0 aliphatic heterocycles. The molecule has 0 aromatic heterocycles. The Labute approximate surface area is 66.1 Å². The van der Waals surface area contributed by atoms with Gasteiger partial charge in [0.2, 0.25) is 5.24 Å². The van der Waals surface area contributed by atoms with E-state index in [1.807, 2.05) is 19.9 Å². The van der Waals surface area contributed by atoms with Crippen molar-refractivity contribution >= 4 is 16.8 Å². The van der Waals surface area contributed by atoms with E-state index in [1.54, 1.807) is 0 Å². The Kier molecular flexibility index (Phi) is 1.86. The molecule has 0 spiro atoms. The highest BCUT2D eigenvalue weighted by molar-refractivity contribution is 6.65. The number of halogens is 1. The molecule has 0 atom stereocenters. The van der Waals surface area contributed by atoms with Gasteiger partial charge in [0.05, 0.1) is 5.41 Å². The monoisotopic (exact) mass is 158 g/mol. The van der Waals surface area contributed by atoms with Crippen molar-refractivity contribution in [2.45, 2.75) is 26.7 Å². The molecule has 0 amide bonds. The highest BCUT2D eigenvalue weighted by atomic mass is 35.5. The van der Waals surface area contributed by atoms with Gasteiger partial charge in [-0.15, -0.1) is 0 Å². The molecule has 10 heavy (non-hydrogen) atoms. The molecule has 0 radical (unpaired) electrons. The number of hydrogen-bond acceptors (Lipinski definition) is 1. The molecular weight excluding hydrogens is 148 g/mol. The molecule has 1 nitrogen and oxygen atoms in total. The lowest BCUT2D eigenvalue weighted by atomic mass is 10.1. The third-order valence-electron chi connectivity index (χ3n) is 1.75. The van der Waals surface area contributed by atoms with Gasteiger partial charge in [-0.2, -0.15) is 0 Å². The van der Waals surface area contributed by atoms with Crippen LogP contribution in [0, 0.1) is 5.41 Å². The predicted molar refractivity (Wildman–Crippen MR) is 42.0 cm³/mol. The summed E-state index contributed by atoms with van der Waals surface area (Å²) in [5.74, 6) is 0. The van der Waals surface area contributed by atoms with E-state index < -0.39 is 0 Å². The number of hydrogen-bond donors (Lipinski definition) is 0. The van der Waals surface area contributed by atoms with Crippen molar-refractivity contribution in [3.63, 3.8) is 0 Å². The van der Waals surface area contributed by atoms with Crippen molar-refractivity contribution in [1.82, 2.24) is 0 Å². The zero-order valence-corrected chi connectivity index (χ0v) is 7.03. The van der Waals surface area contributed by atoms with Crippen molar-refractivity contribution in [2.75, 3.05) is 0 Å². The molecule has 0 N–H and O–H groups in total. The molecule has 0 saturated heterocycles. The van der Waals surface area contributed by atoms with Crippen LogP contribution in [0.25, 0.3) is 0 Å². The van der Waals surface area contributed by atoms with Gasteiger partial charge < -0.3 is 0 Å². The first kappa shape index (κ1) is 7.80. The molecular formula is C8H11ClO. The minimum atomic E-state index is -0.264. The lowest BCUT2D eigenvalue weighted by Crippen LogP contribution is -2.05. The fraction of sp³-hybridized carbons (Fsp3) is 0.625. The Morgan fingerprint density at radius 2 is 2.00 bits per heavy atom. The molecule has 0 heterocycles. The Morgan fingerprint density at radius 3 is 2.10 bits per heavy atom. The van der Waals surface area contributed by atoms with Crippen LogP contribution in [0.2, 0.25) is 0 Å². The van der Waals surface area contributed by atoms with Crippen molar-refractivity contribution in [2.24, 2.45) is 5.41 Å². The molecule has 0 aromatic carbocycles. The summed E-state index contributed by atoms with van der Waals surface area (Å²) in [5.41, 5.74) is 0.909. The normalized spacial score (nSPS) is 19.9. The fourth-order valence-corrected chi connectivity index (χ4v) is 1.33. The van der Waals surface area contributed by atoms with Gasteiger partial charge in [0.15, 0.2) is 0 Å². The second-order valence-electron chi connectivity index (χ2n) is 3.15. The van der Waals surface area contributed by atoms with Gasteiger partial charge in [-0.1, -0.05) is 11.6 Å². The number of allylic oxidation sites excluding steroid dienone is 2. The number of carbonyl (C=O) groups excluding carboxylic acids is 1. The lowest BCUT2D eigenvalue weighted by molar-refractivity contribution is -0.114. The molecule has 56 valence electrons. The molecule has 1 saturated carbocycles. The number of rotatable bonds is 2. The Morgan fingerprint density at radius 1 is 1.50 bits per heavy atom. The zero-order valence-electron chi connectivity index (χ0n) is 6.28. The van der Waals surface area contributed by atoms with Gasteiger partial charge in [0.1, 0.15) is 0 Å². The van der Waals surface area contributed by atoms with E-state index in [9.17, 15) is 4.79 Å². The number of carbonyl (C=O) groups is 1. The third-order valence-corrected chi connectivity index (χ3v) is 2.12. The van der Waals surface area contributed by atoms with Gasteiger partial charge in [-0.3, -0.25) is 4.79 Å². The summed E-state index contributed by atoms with van der Waals surface area (Å²) < 4.78 is 0. The standard InChI is InChI=1S/C8H11ClO/c1-6(2)5-8(3-4-8)7(9)10/h5H,3-4H2,1-2H3. The summed E-state index contributed by atoms with van der Waals surface area (Å²) in [6.07, 6.45) is 3.84. The van der Waals surface area contributed by atoms with Crippen LogP contribution >= 0.6 is 11.6 Å². The van der Waals surface area contributed by atoms with Gasteiger partial charge in [0.25, 0.3) is 0 Å². The maximum atomic E-state index is 10.8. The van der Waals surface area contributed by atoms with Crippen LogP contribution in [0.4, 0.5) is 0 Å². The second kappa shape index (κ2) is 2.39. The van der Waals surface area contributed by atoms with E-state index >= 15 is 0 Å². The van der Waals surface area contributed by atoms with Crippen LogP contribution in [0.5, 0.6) is 0 Å². The molecule has 1 fully saturated rings. The van der Waals surface area contributed by atoms with E-state index in [0.29, 0.717) is 0 Å². The smallest absolute Gasteiger partial charge is 0.231 e. The minimum Gasteiger partial charge on any atom is -0.280 e. The van der Waals surface area contributed by atoms with Gasteiger partial charge in [-0.25, -0.2) is 0 Å². The quantitative estimate of drug-likeness (QED) is 0.446. The molecule has 2 heteroatoms. The Hall–Kier alpha value is -0.300. The second-order valence-corrected chi connectivity index (χ2v) is 3.49. The van der Waals surface area contributed by atoms with Crippen LogP contribution < -0.4 is 0 Å². The summed E-state index contributed by atoms with van der Waals surface area (Å²) in [7, 11) is 0. The summed E-state index contributed by atoms with van der Waals surface area (Å²) in [5, 5.41) is -0.200. The molecule has 0 aromatic rings. The highest BCUT2D eigenvalue weighted by Crippen LogP contribution is 2.49. The zero-order chi connectivity index (χ0) is 7.78. The van der Waals surface area contributed by atoms with Crippen LogP contribution in [0.3, 0.4) is 0 Å². The first-order valence-corrected chi connectivity index (χ1v) is 3.81. The van der Waals surface area contributed by atoms with E-state index in [-0.39, 0.29) is 10.7 Å². The topological polar surface area (TPSA) is 17.1 Å². The van der Waals surface area contributed by atoms with Crippen molar-refractivity contribution in [3.8, 4) is 0 Å². The van der Waals surface area contributed by atoms with E-state index in [1.165, 1.54) is 5.57 Å². The summed E-state index contributed by atoms with van der Waals surface area (Å²) in [6, 6.07) is 0. The molecule has 1 rings (SSSR count). The van der Waals surface area contributed by atoms with Gasteiger partial charge in [-0.05, 0) is 38.3 Å². The van der Waals surface area contributed by atoms with Gasteiger partial charge in [0, 0.05) is 0 Å². The third kappa shape index (κ3) is 1.40. The van der Waals surface area contributed by atoms with Crippen LogP contribution in [0.1, 0.15) is 26.7 Å². The van der Waals surface area contributed by atoms with Crippen LogP contribution in [-0.4, -0.2) is 5.24 Å². The highest BCUT2D eigenvalue weighted by Gasteiger charge is 2.46.